The van der Waals surface area contributed by atoms with E-state index in [0.717, 1.165) is 30.8 Å². The van der Waals surface area contributed by atoms with Gasteiger partial charge in [-0.05, 0) is 31.7 Å². The summed E-state index contributed by atoms with van der Waals surface area (Å²) in [6.07, 6.45) is 6.69. The van der Waals surface area contributed by atoms with Crippen molar-refractivity contribution in [3.8, 4) is 0 Å². The average Bonchev–Trinajstić information content (AvgIpc) is 3.13. The fourth-order valence-electron chi connectivity index (χ4n) is 2.62. The van der Waals surface area contributed by atoms with Gasteiger partial charge in [-0.2, -0.15) is 11.8 Å². The topological polar surface area (TPSA) is 58.2 Å². The standard InChI is InChI=1S/C14H24N2O2S3/c1-3-15-9-12-8-13(10-20-12)21(17,18)16-11-14(19-2)6-4-5-7-14/h8,10,15-16H,3-7,9,11H2,1-2H3. The first-order chi connectivity index (χ1) is 10.0. The van der Waals surface area contributed by atoms with Crippen LogP contribution in [0.1, 0.15) is 37.5 Å². The minimum absolute atomic E-state index is 0.0929. The molecule has 1 heterocycles. The molecule has 1 aromatic rings. The highest BCUT2D eigenvalue weighted by Gasteiger charge is 2.34. The quantitative estimate of drug-likeness (QED) is 0.758. The second kappa shape index (κ2) is 7.46. The van der Waals surface area contributed by atoms with Crippen LogP contribution >= 0.6 is 23.1 Å². The van der Waals surface area contributed by atoms with Crippen molar-refractivity contribution < 1.29 is 8.42 Å². The molecule has 7 heteroatoms. The van der Waals surface area contributed by atoms with Crippen LogP contribution in [-0.4, -0.2) is 32.5 Å². The predicted molar refractivity (Wildman–Crippen MR) is 91.6 cm³/mol. The van der Waals surface area contributed by atoms with Gasteiger partial charge in [-0.15, -0.1) is 11.3 Å². The lowest BCUT2D eigenvalue weighted by molar-refractivity contribution is 0.551. The summed E-state index contributed by atoms with van der Waals surface area (Å²) >= 11 is 3.29. The lowest BCUT2D eigenvalue weighted by atomic mass is 10.1. The lowest BCUT2D eigenvalue weighted by Crippen LogP contribution is -2.38. The second-order valence-electron chi connectivity index (χ2n) is 5.45. The molecule has 1 aliphatic rings. The van der Waals surface area contributed by atoms with E-state index in [2.05, 4.69) is 16.3 Å². The van der Waals surface area contributed by atoms with E-state index in [1.54, 1.807) is 23.2 Å². The number of hydrogen-bond acceptors (Lipinski definition) is 5. The highest BCUT2D eigenvalue weighted by atomic mass is 32.2. The van der Waals surface area contributed by atoms with Crippen molar-refractivity contribution in [1.82, 2.24) is 10.0 Å². The van der Waals surface area contributed by atoms with Gasteiger partial charge in [0, 0.05) is 28.1 Å². The van der Waals surface area contributed by atoms with Crippen LogP contribution in [0.4, 0.5) is 0 Å². The number of thiophene rings is 1. The monoisotopic (exact) mass is 348 g/mol. The third-order valence-electron chi connectivity index (χ3n) is 4.02. The van der Waals surface area contributed by atoms with Crippen molar-refractivity contribution in [2.24, 2.45) is 0 Å². The zero-order valence-electron chi connectivity index (χ0n) is 12.6. The Bertz CT molecular complexity index is 548. The van der Waals surface area contributed by atoms with E-state index >= 15 is 0 Å². The highest BCUT2D eigenvalue weighted by Crippen LogP contribution is 2.39. The molecule has 0 atom stereocenters. The van der Waals surface area contributed by atoms with Crippen molar-refractivity contribution >= 4 is 33.1 Å². The average molecular weight is 349 g/mol. The number of hydrogen-bond donors (Lipinski definition) is 2. The van der Waals surface area contributed by atoms with Crippen molar-refractivity contribution in [3.05, 3.63) is 16.3 Å². The van der Waals surface area contributed by atoms with E-state index in [1.165, 1.54) is 24.2 Å². The Morgan fingerprint density at radius 2 is 2.10 bits per heavy atom. The zero-order chi connectivity index (χ0) is 15.3. The molecule has 120 valence electrons. The molecule has 0 amide bonds. The summed E-state index contributed by atoms with van der Waals surface area (Å²) in [5, 5.41) is 4.94. The van der Waals surface area contributed by atoms with Crippen molar-refractivity contribution in [2.45, 2.75) is 48.8 Å². The summed E-state index contributed by atoms with van der Waals surface area (Å²) < 4.78 is 27.7. The van der Waals surface area contributed by atoms with Crippen molar-refractivity contribution in [2.75, 3.05) is 19.3 Å². The van der Waals surface area contributed by atoms with Gasteiger partial charge in [0.25, 0.3) is 0 Å². The normalized spacial score (nSPS) is 18.2. The molecule has 4 nitrogen and oxygen atoms in total. The first kappa shape index (κ1) is 17.3. The maximum absolute atomic E-state index is 12.4. The van der Waals surface area contributed by atoms with E-state index in [4.69, 9.17) is 0 Å². The Morgan fingerprint density at radius 1 is 1.38 bits per heavy atom. The maximum atomic E-state index is 12.4. The van der Waals surface area contributed by atoms with E-state index in [1.807, 2.05) is 6.92 Å². The molecule has 1 saturated carbocycles. The summed E-state index contributed by atoms with van der Waals surface area (Å²) in [7, 11) is -3.38. The third kappa shape index (κ3) is 4.45. The van der Waals surface area contributed by atoms with Gasteiger partial charge in [-0.25, -0.2) is 13.1 Å². The zero-order valence-corrected chi connectivity index (χ0v) is 15.1. The minimum atomic E-state index is -3.38. The highest BCUT2D eigenvalue weighted by molar-refractivity contribution is 8.00. The van der Waals surface area contributed by atoms with Gasteiger partial charge in [-0.1, -0.05) is 19.8 Å². The SMILES string of the molecule is CCNCc1cc(S(=O)(=O)NCC2(SC)CCCC2)cs1. The van der Waals surface area contributed by atoms with E-state index < -0.39 is 10.0 Å². The molecule has 2 rings (SSSR count). The minimum Gasteiger partial charge on any atom is -0.312 e. The molecule has 1 aromatic heterocycles. The largest absolute Gasteiger partial charge is 0.312 e. The Balaban J connectivity index is 1.99. The third-order valence-corrected chi connectivity index (χ3v) is 7.91. The molecule has 0 aromatic carbocycles. The summed E-state index contributed by atoms with van der Waals surface area (Å²) in [6.45, 7) is 4.19. The fourth-order valence-corrected chi connectivity index (χ4v) is 6.00. The van der Waals surface area contributed by atoms with Crippen LogP contribution in [0.5, 0.6) is 0 Å². The van der Waals surface area contributed by atoms with Gasteiger partial charge >= 0.3 is 0 Å². The number of sulfonamides is 1. The van der Waals surface area contributed by atoms with Crippen molar-refractivity contribution in [1.29, 1.82) is 0 Å². The molecule has 2 N–H and O–H groups in total. The molecule has 0 spiro atoms. The molecule has 0 bridgehead atoms. The first-order valence-electron chi connectivity index (χ1n) is 7.34. The van der Waals surface area contributed by atoms with Crippen LogP contribution in [0.25, 0.3) is 0 Å². The number of rotatable bonds is 8. The van der Waals surface area contributed by atoms with Gasteiger partial charge < -0.3 is 5.32 Å². The smallest absolute Gasteiger partial charge is 0.241 e. The molecular formula is C14H24N2O2S3. The van der Waals surface area contributed by atoms with Crippen LogP contribution < -0.4 is 10.0 Å². The first-order valence-corrected chi connectivity index (χ1v) is 10.9. The predicted octanol–water partition coefficient (Wildman–Crippen LogP) is 2.81. The van der Waals surface area contributed by atoms with Gasteiger partial charge in [0.15, 0.2) is 0 Å². The summed E-state index contributed by atoms with van der Waals surface area (Å²) in [5.74, 6) is 0. The number of thioether (sulfide) groups is 1. The van der Waals surface area contributed by atoms with E-state index in [9.17, 15) is 8.42 Å². The van der Waals surface area contributed by atoms with Crippen LogP contribution in [0.15, 0.2) is 16.3 Å². The molecule has 0 radical (unpaired) electrons. The Labute approximate surface area is 136 Å². The summed E-state index contributed by atoms with van der Waals surface area (Å²) in [4.78, 5) is 1.45. The molecule has 21 heavy (non-hydrogen) atoms. The Morgan fingerprint density at radius 3 is 2.71 bits per heavy atom. The Hall–Kier alpha value is -0.0800. The van der Waals surface area contributed by atoms with Gasteiger partial charge in [-0.3, -0.25) is 0 Å². The molecule has 0 saturated heterocycles. The number of nitrogens with one attached hydrogen (secondary N) is 2. The van der Waals surface area contributed by atoms with Gasteiger partial charge in [0.1, 0.15) is 0 Å². The van der Waals surface area contributed by atoms with Gasteiger partial charge in [0.05, 0.1) is 4.90 Å². The van der Waals surface area contributed by atoms with Crippen molar-refractivity contribution in [3.63, 3.8) is 0 Å². The summed E-state index contributed by atoms with van der Waals surface area (Å²) in [5.41, 5.74) is 0. The second-order valence-corrected chi connectivity index (χ2v) is 9.48. The fraction of sp³-hybridized carbons (Fsp3) is 0.714. The summed E-state index contributed by atoms with van der Waals surface area (Å²) in [6, 6.07) is 1.77. The van der Waals surface area contributed by atoms with Crippen LogP contribution in [0.3, 0.4) is 0 Å². The lowest BCUT2D eigenvalue weighted by Gasteiger charge is -2.26. The van der Waals surface area contributed by atoms with Crippen LogP contribution in [-0.2, 0) is 16.6 Å². The molecule has 0 aliphatic heterocycles. The molecule has 1 fully saturated rings. The molecule has 1 aliphatic carbocycles. The molecule has 0 unspecified atom stereocenters. The van der Waals surface area contributed by atoms with E-state index in [0.29, 0.717) is 11.4 Å². The van der Waals surface area contributed by atoms with Gasteiger partial charge in [0.2, 0.25) is 10.0 Å². The van der Waals surface area contributed by atoms with Crippen LogP contribution in [0.2, 0.25) is 0 Å². The maximum Gasteiger partial charge on any atom is 0.241 e. The molecular weight excluding hydrogens is 324 g/mol. The Kier molecular flexibility index (Phi) is 6.14. The van der Waals surface area contributed by atoms with E-state index in [-0.39, 0.29) is 4.75 Å². The van der Waals surface area contributed by atoms with Crippen LogP contribution in [0, 0.1) is 0 Å².